The van der Waals surface area contributed by atoms with Crippen molar-refractivity contribution >= 4 is 35.6 Å². The number of benzene rings is 2. The Morgan fingerprint density at radius 1 is 1.03 bits per heavy atom. The van der Waals surface area contributed by atoms with E-state index in [-0.39, 0.29) is 12.6 Å². The summed E-state index contributed by atoms with van der Waals surface area (Å²) in [7, 11) is 0. The van der Waals surface area contributed by atoms with Crippen LogP contribution in [0.4, 0.5) is 4.79 Å². The van der Waals surface area contributed by atoms with Crippen molar-refractivity contribution in [2.24, 2.45) is 0 Å². The molecule has 3 rings (SSSR count). The maximum Gasteiger partial charge on any atom is 0.408 e. The van der Waals surface area contributed by atoms with E-state index in [1.54, 1.807) is 23.5 Å². The minimum atomic E-state index is -1.00. The summed E-state index contributed by atoms with van der Waals surface area (Å²) >= 11 is 3.09. The third-order valence-corrected chi connectivity index (χ3v) is 8.31. The summed E-state index contributed by atoms with van der Waals surface area (Å²) in [5.74, 6) is 1.29. The van der Waals surface area contributed by atoms with Crippen LogP contribution in [0, 0.1) is 6.92 Å². The molecule has 0 aromatic heterocycles. The van der Waals surface area contributed by atoms with Crippen LogP contribution in [0.2, 0.25) is 0 Å². The van der Waals surface area contributed by atoms with Crippen molar-refractivity contribution in [2.45, 2.75) is 56.4 Å². The standard InChI is InChI=1S/C25H31NO4S2/c1-18-11-8-9-14-20(18)21(26-23(28)30-24(2,3)4)25(31-15-10-16-32-25)22(27)29-17-19-12-6-5-7-13-19/h5-9,11-14,21H,10,15-17H2,1-4H3,(H,26,28)/t21-/m0/s1. The van der Waals surface area contributed by atoms with E-state index in [2.05, 4.69) is 5.32 Å². The molecule has 2 aromatic carbocycles. The van der Waals surface area contributed by atoms with E-state index >= 15 is 0 Å². The van der Waals surface area contributed by atoms with Crippen LogP contribution in [-0.2, 0) is 20.9 Å². The first kappa shape index (κ1) is 24.5. The number of hydrogen-bond donors (Lipinski definition) is 1. The minimum Gasteiger partial charge on any atom is -0.459 e. The monoisotopic (exact) mass is 473 g/mol. The molecule has 1 saturated heterocycles. The third kappa shape index (κ3) is 6.23. The van der Waals surface area contributed by atoms with Gasteiger partial charge in [-0.05, 0) is 62.3 Å². The Morgan fingerprint density at radius 3 is 2.28 bits per heavy atom. The Labute approximate surface area is 199 Å². The van der Waals surface area contributed by atoms with Crippen LogP contribution >= 0.6 is 23.5 Å². The lowest BCUT2D eigenvalue weighted by Crippen LogP contribution is -2.50. The summed E-state index contributed by atoms with van der Waals surface area (Å²) in [5, 5.41) is 3.02. The topological polar surface area (TPSA) is 64.6 Å². The Morgan fingerprint density at radius 2 is 1.66 bits per heavy atom. The second-order valence-electron chi connectivity index (χ2n) is 8.72. The Kier molecular flexibility index (Phi) is 8.17. The predicted octanol–water partition coefficient (Wildman–Crippen LogP) is 5.87. The highest BCUT2D eigenvalue weighted by atomic mass is 32.2. The number of alkyl carbamates (subject to hydrolysis) is 1. The summed E-state index contributed by atoms with van der Waals surface area (Å²) < 4.78 is 10.4. The lowest BCUT2D eigenvalue weighted by atomic mass is 9.98. The number of amides is 1. The molecule has 1 heterocycles. The van der Waals surface area contributed by atoms with Crippen molar-refractivity contribution in [1.82, 2.24) is 5.32 Å². The van der Waals surface area contributed by atoms with Gasteiger partial charge >= 0.3 is 12.1 Å². The van der Waals surface area contributed by atoms with Gasteiger partial charge in [-0.25, -0.2) is 9.59 Å². The number of carbonyl (C=O) groups is 2. The number of hydrogen-bond acceptors (Lipinski definition) is 6. The minimum absolute atomic E-state index is 0.190. The highest BCUT2D eigenvalue weighted by molar-refractivity contribution is 8.20. The largest absolute Gasteiger partial charge is 0.459 e. The van der Waals surface area contributed by atoms with Gasteiger partial charge in [0.15, 0.2) is 4.08 Å². The van der Waals surface area contributed by atoms with Crippen molar-refractivity contribution < 1.29 is 19.1 Å². The molecule has 0 radical (unpaired) electrons. The van der Waals surface area contributed by atoms with Gasteiger partial charge in [0.2, 0.25) is 0 Å². The summed E-state index contributed by atoms with van der Waals surface area (Å²) in [6.45, 7) is 7.64. The van der Waals surface area contributed by atoms with Crippen LogP contribution < -0.4 is 5.32 Å². The van der Waals surface area contributed by atoms with E-state index < -0.39 is 21.8 Å². The van der Waals surface area contributed by atoms with E-state index in [1.165, 1.54) is 0 Å². The second-order valence-corrected chi connectivity index (χ2v) is 11.7. The fourth-order valence-corrected chi connectivity index (χ4v) is 6.75. The summed E-state index contributed by atoms with van der Waals surface area (Å²) in [4.78, 5) is 26.5. The predicted molar refractivity (Wildman–Crippen MR) is 132 cm³/mol. The Balaban J connectivity index is 1.95. The number of rotatable bonds is 6. The SMILES string of the molecule is Cc1ccccc1[C@H](NC(=O)OC(C)(C)C)C1(C(=O)OCc2ccccc2)SCCCS1. The molecule has 5 nitrogen and oxygen atoms in total. The van der Waals surface area contributed by atoms with Crippen molar-refractivity contribution in [1.29, 1.82) is 0 Å². The van der Waals surface area contributed by atoms with Crippen molar-refractivity contribution in [2.75, 3.05) is 11.5 Å². The zero-order valence-electron chi connectivity index (χ0n) is 19.1. The molecule has 1 atom stereocenters. The number of aryl methyl sites for hydroxylation is 1. The van der Waals surface area contributed by atoms with Gasteiger partial charge in [-0.2, -0.15) is 0 Å². The molecule has 1 fully saturated rings. The molecular weight excluding hydrogens is 442 g/mol. The number of esters is 1. The molecule has 0 saturated carbocycles. The van der Waals surface area contributed by atoms with Gasteiger partial charge < -0.3 is 14.8 Å². The van der Waals surface area contributed by atoms with Crippen LogP contribution in [0.1, 0.15) is 49.9 Å². The summed E-state index contributed by atoms with van der Waals surface area (Å²) in [6.07, 6.45) is 0.448. The third-order valence-electron chi connectivity index (χ3n) is 4.96. The van der Waals surface area contributed by atoms with Crippen LogP contribution in [-0.4, -0.2) is 33.2 Å². The first-order valence-electron chi connectivity index (χ1n) is 10.8. The average molecular weight is 474 g/mol. The fourth-order valence-electron chi connectivity index (χ4n) is 3.49. The van der Waals surface area contributed by atoms with Crippen molar-refractivity contribution in [3.63, 3.8) is 0 Å². The van der Waals surface area contributed by atoms with Crippen LogP contribution in [0.25, 0.3) is 0 Å². The lowest BCUT2D eigenvalue weighted by molar-refractivity contribution is -0.146. The van der Waals surface area contributed by atoms with Gasteiger partial charge in [-0.15, -0.1) is 23.5 Å². The van der Waals surface area contributed by atoms with Gasteiger partial charge in [0, 0.05) is 0 Å². The molecule has 7 heteroatoms. The molecular formula is C25H31NO4S2. The molecule has 1 aliphatic heterocycles. The summed E-state index contributed by atoms with van der Waals surface area (Å²) in [5.41, 5.74) is 2.16. The van der Waals surface area contributed by atoms with E-state index in [0.29, 0.717) is 0 Å². The molecule has 0 aliphatic carbocycles. The maximum atomic E-state index is 13.6. The van der Waals surface area contributed by atoms with Gasteiger partial charge in [-0.3, -0.25) is 0 Å². The first-order valence-corrected chi connectivity index (χ1v) is 12.7. The molecule has 1 amide bonds. The van der Waals surface area contributed by atoms with Crippen molar-refractivity contribution in [3.8, 4) is 0 Å². The second kappa shape index (κ2) is 10.7. The molecule has 32 heavy (non-hydrogen) atoms. The highest BCUT2D eigenvalue weighted by Gasteiger charge is 2.52. The van der Waals surface area contributed by atoms with E-state index in [0.717, 1.165) is 34.6 Å². The molecule has 1 N–H and O–H groups in total. The number of nitrogens with one attached hydrogen (secondary N) is 1. The van der Waals surface area contributed by atoms with Gasteiger partial charge in [0.05, 0.1) is 6.04 Å². The zero-order valence-corrected chi connectivity index (χ0v) is 20.7. The number of thioether (sulfide) groups is 2. The number of carbonyl (C=O) groups excluding carboxylic acids is 2. The zero-order chi connectivity index (χ0) is 23.2. The van der Waals surface area contributed by atoms with E-state index in [9.17, 15) is 9.59 Å². The Bertz CT molecular complexity index is 921. The molecule has 0 spiro atoms. The molecule has 0 bridgehead atoms. The van der Waals surface area contributed by atoms with Gasteiger partial charge in [0.1, 0.15) is 12.2 Å². The first-order chi connectivity index (χ1) is 15.2. The van der Waals surface area contributed by atoms with Crippen LogP contribution in [0.5, 0.6) is 0 Å². The normalized spacial score (nSPS) is 16.6. The molecule has 0 unspecified atom stereocenters. The molecule has 2 aromatic rings. The van der Waals surface area contributed by atoms with E-state index in [4.69, 9.17) is 9.47 Å². The lowest BCUT2D eigenvalue weighted by Gasteiger charge is -2.41. The maximum absolute atomic E-state index is 13.6. The molecule has 172 valence electrons. The van der Waals surface area contributed by atoms with Crippen molar-refractivity contribution in [3.05, 3.63) is 71.3 Å². The number of ether oxygens (including phenoxy) is 2. The average Bonchev–Trinajstić information content (AvgIpc) is 2.76. The van der Waals surface area contributed by atoms with E-state index in [1.807, 2.05) is 82.3 Å². The smallest absolute Gasteiger partial charge is 0.408 e. The molecule has 1 aliphatic rings. The van der Waals surface area contributed by atoms with Crippen LogP contribution in [0.3, 0.4) is 0 Å². The quantitative estimate of drug-likeness (QED) is 0.529. The summed E-state index contributed by atoms with van der Waals surface area (Å²) in [6, 6.07) is 16.8. The fraction of sp³-hybridized carbons (Fsp3) is 0.440. The van der Waals surface area contributed by atoms with Gasteiger partial charge in [-0.1, -0.05) is 54.6 Å². The van der Waals surface area contributed by atoms with Crippen LogP contribution in [0.15, 0.2) is 54.6 Å². The highest BCUT2D eigenvalue weighted by Crippen LogP contribution is 2.51. The van der Waals surface area contributed by atoms with Gasteiger partial charge in [0.25, 0.3) is 0 Å². The Hall–Kier alpha value is -2.12.